The van der Waals surface area contributed by atoms with Crippen LogP contribution < -0.4 is 10.2 Å². The van der Waals surface area contributed by atoms with Crippen LogP contribution in [0.1, 0.15) is 27.2 Å². The quantitative estimate of drug-likeness (QED) is 0.688. The molecule has 1 N–H and O–H groups in total. The Morgan fingerprint density at radius 2 is 2.00 bits per heavy atom. The summed E-state index contributed by atoms with van der Waals surface area (Å²) < 4.78 is 0. The molecule has 2 rings (SSSR count). The van der Waals surface area contributed by atoms with Crippen LogP contribution in [-0.4, -0.2) is 50.6 Å². The Hall–Kier alpha value is -1.23. The lowest BCUT2D eigenvalue weighted by atomic mass is 9.92. The Bertz CT molecular complexity index is 439. The first kappa shape index (κ1) is 16.1. The van der Waals surface area contributed by atoms with Crippen molar-refractivity contribution in [2.45, 2.75) is 27.2 Å². The molecule has 0 aliphatic carbocycles. The summed E-state index contributed by atoms with van der Waals surface area (Å²) in [6.45, 7) is 12.0. The lowest BCUT2D eigenvalue weighted by Gasteiger charge is -2.37. The van der Waals surface area contributed by atoms with E-state index in [1.807, 2.05) is 18.4 Å². The van der Waals surface area contributed by atoms with Gasteiger partial charge < -0.3 is 15.1 Å². The van der Waals surface area contributed by atoms with E-state index in [4.69, 9.17) is 0 Å². The van der Waals surface area contributed by atoms with Gasteiger partial charge in [0.25, 0.3) is 0 Å². The van der Waals surface area contributed by atoms with E-state index in [0.717, 1.165) is 45.1 Å². The van der Waals surface area contributed by atoms with Crippen molar-refractivity contribution in [3.8, 4) is 0 Å². The van der Waals surface area contributed by atoms with Crippen LogP contribution in [-0.2, 0) is 0 Å². The fourth-order valence-electron chi connectivity index (χ4n) is 2.47. The monoisotopic (exact) mass is 308 g/mol. The van der Waals surface area contributed by atoms with Crippen LogP contribution in [0.2, 0.25) is 0 Å². The first-order chi connectivity index (χ1) is 9.99. The van der Waals surface area contributed by atoms with Gasteiger partial charge in [-0.05, 0) is 29.3 Å². The van der Waals surface area contributed by atoms with Crippen LogP contribution in [0.3, 0.4) is 0 Å². The van der Waals surface area contributed by atoms with Crippen molar-refractivity contribution in [1.82, 2.24) is 10.2 Å². The zero-order valence-electron chi connectivity index (χ0n) is 13.7. The second-order valence-corrected chi connectivity index (χ2v) is 7.64. The topological polar surface area (TPSA) is 30.9 Å². The minimum absolute atomic E-state index is 0.365. The average molecular weight is 308 g/mol. The van der Waals surface area contributed by atoms with E-state index in [-0.39, 0.29) is 0 Å². The maximum absolute atomic E-state index is 4.43. The second kappa shape index (κ2) is 7.16. The van der Waals surface area contributed by atoms with Crippen molar-refractivity contribution < 1.29 is 0 Å². The van der Waals surface area contributed by atoms with Gasteiger partial charge in [0.1, 0.15) is 0 Å². The molecule has 0 bridgehead atoms. The zero-order chi connectivity index (χ0) is 15.3. The smallest absolute Gasteiger partial charge is 0.193 e. The van der Waals surface area contributed by atoms with E-state index in [1.54, 1.807) is 0 Å². The number of nitrogens with zero attached hydrogens (tertiary/aromatic N) is 3. The van der Waals surface area contributed by atoms with Crippen LogP contribution >= 0.6 is 11.3 Å². The van der Waals surface area contributed by atoms with Crippen molar-refractivity contribution in [3.63, 3.8) is 0 Å². The Balaban J connectivity index is 1.79. The summed E-state index contributed by atoms with van der Waals surface area (Å²) in [6, 6.07) is 4.33. The molecule has 1 fully saturated rings. The summed E-state index contributed by atoms with van der Waals surface area (Å²) in [4.78, 5) is 9.26. The SMILES string of the molecule is CN=C(NCCC(C)(C)C)N1CCN(c2cccs2)CC1. The molecule has 1 aliphatic rings. The van der Waals surface area contributed by atoms with Crippen molar-refractivity contribution in [2.24, 2.45) is 10.4 Å². The number of nitrogens with one attached hydrogen (secondary N) is 1. The molecule has 0 saturated carbocycles. The van der Waals surface area contributed by atoms with E-state index in [2.05, 4.69) is 58.4 Å². The van der Waals surface area contributed by atoms with Gasteiger partial charge in [-0.25, -0.2) is 0 Å². The molecule has 4 nitrogen and oxygen atoms in total. The van der Waals surface area contributed by atoms with Crippen molar-refractivity contribution in [3.05, 3.63) is 17.5 Å². The summed E-state index contributed by atoms with van der Waals surface area (Å²) in [7, 11) is 1.88. The Morgan fingerprint density at radius 1 is 1.29 bits per heavy atom. The average Bonchev–Trinajstić information content (AvgIpc) is 2.97. The third-order valence-corrected chi connectivity index (χ3v) is 4.70. The Labute approximate surface area is 132 Å². The number of hydrogen-bond donors (Lipinski definition) is 1. The van der Waals surface area contributed by atoms with Crippen LogP contribution in [0.5, 0.6) is 0 Å². The molecule has 0 atom stereocenters. The van der Waals surface area contributed by atoms with Crippen molar-refractivity contribution >= 4 is 22.3 Å². The normalized spacial score (nSPS) is 17.2. The van der Waals surface area contributed by atoms with Crippen LogP contribution in [0.15, 0.2) is 22.5 Å². The number of guanidine groups is 1. The van der Waals surface area contributed by atoms with Gasteiger partial charge >= 0.3 is 0 Å². The Kier molecular flexibility index (Phi) is 5.51. The molecule has 0 spiro atoms. The molecule has 1 aromatic heterocycles. The molecule has 1 aliphatic heterocycles. The predicted octanol–water partition coefficient (Wildman–Crippen LogP) is 2.88. The van der Waals surface area contributed by atoms with Gasteiger partial charge in [-0.3, -0.25) is 4.99 Å². The number of aliphatic imine (C=N–C) groups is 1. The van der Waals surface area contributed by atoms with Gasteiger partial charge in [-0.1, -0.05) is 20.8 Å². The molecule has 0 unspecified atom stereocenters. The number of anilines is 1. The maximum Gasteiger partial charge on any atom is 0.193 e. The zero-order valence-corrected chi connectivity index (χ0v) is 14.5. The number of rotatable bonds is 3. The van der Waals surface area contributed by atoms with E-state index >= 15 is 0 Å². The first-order valence-electron chi connectivity index (χ1n) is 7.74. The van der Waals surface area contributed by atoms with E-state index < -0.39 is 0 Å². The first-order valence-corrected chi connectivity index (χ1v) is 8.61. The number of piperazine rings is 1. The third kappa shape index (κ3) is 4.92. The standard InChI is InChI=1S/C16H28N4S/c1-16(2,3)7-8-18-15(17-4)20-11-9-19(10-12-20)14-6-5-13-21-14/h5-6,13H,7-12H2,1-4H3,(H,17,18). The predicted molar refractivity (Wildman–Crippen MR) is 93.5 cm³/mol. The summed E-state index contributed by atoms with van der Waals surface area (Å²) in [5.41, 5.74) is 0.365. The molecule has 0 amide bonds. The number of hydrogen-bond acceptors (Lipinski definition) is 3. The van der Waals surface area contributed by atoms with Gasteiger partial charge in [0.15, 0.2) is 5.96 Å². The highest BCUT2D eigenvalue weighted by molar-refractivity contribution is 7.14. The molecule has 2 heterocycles. The van der Waals surface area contributed by atoms with Gasteiger partial charge in [0.05, 0.1) is 5.00 Å². The lowest BCUT2D eigenvalue weighted by Crippen LogP contribution is -2.52. The van der Waals surface area contributed by atoms with Crippen LogP contribution in [0, 0.1) is 5.41 Å². The number of thiophene rings is 1. The van der Waals surface area contributed by atoms with Crippen LogP contribution in [0.4, 0.5) is 5.00 Å². The van der Waals surface area contributed by atoms with E-state index in [9.17, 15) is 0 Å². The summed E-state index contributed by atoms with van der Waals surface area (Å²) in [5, 5.41) is 7.03. The molecular formula is C16H28N4S. The fraction of sp³-hybridized carbons (Fsp3) is 0.688. The molecular weight excluding hydrogens is 280 g/mol. The lowest BCUT2D eigenvalue weighted by molar-refractivity contribution is 0.354. The van der Waals surface area contributed by atoms with Crippen LogP contribution in [0.25, 0.3) is 0 Å². The minimum Gasteiger partial charge on any atom is -0.360 e. The van der Waals surface area contributed by atoms with Gasteiger partial charge in [-0.15, -0.1) is 11.3 Å². The van der Waals surface area contributed by atoms with Crippen molar-refractivity contribution in [1.29, 1.82) is 0 Å². The van der Waals surface area contributed by atoms with Gasteiger partial charge in [0.2, 0.25) is 0 Å². The maximum atomic E-state index is 4.43. The molecule has 1 saturated heterocycles. The largest absolute Gasteiger partial charge is 0.360 e. The molecule has 5 heteroatoms. The minimum atomic E-state index is 0.365. The second-order valence-electron chi connectivity index (χ2n) is 6.71. The van der Waals surface area contributed by atoms with E-state index in [1.165, 1.54) is 5.00 Å². The van der Waals surface area contributed by atoms with Gasteiger partial charge in [-0.2, -0.15) is 0 Å². The molecule has 0 radical (unpaired) electrons. The molecule has 118 valence electrons. The van der Waals surface area contributed by atoms with E-state index in [0.29, 0.717) is 5.41 Å². The fourth-order valence-corrected chi connectivity index (χ4v) is 3.26. The summed E-state index contributed by atoms with van der Waals surface area (Å²) in [5.74, 6) is 1.05. The summed E-state index contributed by atoms with van der Waals surface area (Å²) in [6.07, 6.45) is 1.15. The highest BCUT2D eigenvalue weighted by atomic mass is 32.1. The molecule has 21 heavy (non-hydrogen) atoms. The van der Waals surface area contributed by atoms with Crippen molar-refractivity contribution in [2.75, 3.05) is 44.7 Å². The van der Waals surface area contributed by atoms with Gasteiger partial charge in [0, 0.05) is 39.8 Å². The summed E-state index contributed by atoms with van der Waals surface area (Å²) >= 11 is 1.82. The highest BCUT2D eigenvalue weighted by Crippen LogP contribution is 2.22. The molecule has 0 aromatic carbocycles. The Morgan fingerprint density at radius 3 is 2.52 bits per heavy atom. The molecule has 1 aromatic rings. The third-order valence-electron chi connectivity index (χ3n) is 3.77. The highest BCUT2D eigenvalue weighted by Gasteiger charge is 2.20.